The van der Waals surface area contributed by atoms with Crippen LogP contribution in [-0.4, -0.2) is 42.8 Å². The predicted molar refractivity (Wildman–Crippen MR) is 75.6 cm³/mol. The van der Waals surface area contributed by atoms with Crippen molar-refractivity contribution in [3.05, 3.63) is 24.3 Å². The molecule has 0 spiro atoms. The minimum Gasteiger partial charge on any atom is -0.382 e. The van der Waals surface area contributed by atoms with Crippen LogP contribution in [0.2, 0.25) is 0 Å². The Morgan fingerprint density at radius 2 is 1.48 bits per heavy atom. The van der Waals surface area contributed by atoms with Crippen molar-refractivity contribution in [2.24, 2.45) is 0 Å². The average Bonchev–Trinajstić information content (AvgIpc) is 2.37. The smallest absolute Gasteiger partial charge is 0.348 e. The summed E-state index contributed by atoms with van der Waals surface area (Å²) in [4.78, 5) is 0.0201. The van der Waals surface area contributed by atoms with Crippen LogP contribution in [0.5, 0.6) is 5.75 Å². The fraction of sp³-hybridized carbons (Fsp3) is 0.400. The largest absolute Gasteiger partial charge is 0.382 e. The molecule has 8 nitrogen and oxygen atoms in total. The van der Waals surface area contributed by atoms with E-state index in [0.29, 0.717) is 0 Å². The van der Waals surface area contributed by atoms with Gasteiger partial charge < -0.3 is 13.2 Å². The van der Waals surface area contributed by atoms with Crippen molar-refractivity contribution in [3.8, 4) is 5.75 Å². The Balaban J connectivity index is 2.93. The van der Waals surface area contributed by atoms with Gasteiger partial charge in [-0.25, -0.2) is 8.42 Å². The third kappa shape index (κ3) is 5.40. The van der Waals surface area contributed by atoms with E-state index in [2.05, 4.69) is 9.05 Å². The molecule has 0 aromatic heterocycles. The standard InChI is InChI=1S/C10H15O8PS2/c1-16-19(11,17-2)8-21(14,15)18-9-4-6-10(7-5-9)20(3,12)13/h4-7H,8H2,1-3H3. The van der Waals surface area contributed by atoms with Gasteiger partial charge in [0.15, 0.2) is 15.3 Å². The molecule has 0 unspecified atom stereocenters. The van der Waals surface area contributed by atoms with E-state index >= 15 is 0 Å². The number of benzene rings is 1. The van der Waals surface area contributed by atoms with Crippen molar-refractivity contribution < 1.29 is 34.6 Å². The van der Waals surface area contributed by atoms with Crippen LogP contribution in [0.1, 0.15) is 0 Å². The van der Waals surface area contributed by atoms with Gasteiger partial charge >= 0.3 is 17.7 Å². The molecular weight excluding hydrogens is 343 g/mol. The Bertz CT molecular complexity index is 728. The molecule has 0 aliphatic rings. The van der Waals surface area contributed by atoms with Crippen LogP contribution in [0, 0.1) is 0 Å². The highest BCUT2D eigenvalue weighted by atomic mass is 32.2. The second kappa shape index (κ2) is 6.45. The maximum Gasteiger partial charge on any atom is 0.348 e. The molecular formula is C10H15O8PS2. The van der Waals surface area contributed by atoms with Gasteiger partial charge in [-0.05, 0) is 24.3 Å². The van der Waals surface area contributed by atoms with Gasteiger partial charge in [0.05, 0.1) is 4.90 Å². The van der Waals surface area contributed by atoms with E-state index in [-0.39, 0.29) is 10.6 Å². The van der Waals surface area contributed by atoms with Crippen LogP contribution in [0.25, 0.3) is 0 Å². The Morgan fingerprint density at radius 3 is 1.86 bits per heavy atom. The summed E-state index contributed by atoms with van der Waals surface area (Å²) in [7, 11) is -9.29. The summed E-state index contributed by atoms with van der Waals surface area (Å²) in [5, 5.41) is 0. The zero-order valence-corrected chi connectivity index (χ0v) is 14.1. The first kappa shape index (κ1) is 18.1. The van der Waals surface area contributed by atoms with Gasteiger partial charge in [-0.1, -0.05) is 0 Å². The first-order chi connectivity index (χ1) is 9.51. The van der Waals surface area contributed by atoms with E-state index in [1.54, 1.807) is 0 Å². The van der Waals surface area contributed by atoms with Gasteiger partial charge in [-0.15, -0.1) is 0 Å². The Labute approximate surface area is 123 Å². The molecule has 21 heavy (non-hydrogen) atoms. The lowest BCUT2D eigenvalue weighted by Crippen LogP contribution is -2.15. The molecule has 11 heteroatoms. The molecule has 0 fully saturated rings. The topological polar surface area (TPSA) is 113 Å². The van der Waals surface area contributed by atoms with Gasteiger partial charge in [0.25, 0.3) is 0 Å². The first-order valence-electron chi connectivity index (χ1n) is 5.44. The van der Waals surface area contributed by atoms with Crippen LogP contribution < -0.4 is 4.18 Å². The molecule has 1 aromatic carbocycles. The summed E-state index contributed by atoms with van der Waals surface area (Å²) >= 11 is 0. The third-order valence-electron chi connectivity index (χ3n) is 2.35. The lowest BCUT2D eigenvalue weighted by Gasteiger charge is -2.14. The van der Waals surface area contributed by atoms with Gasteiger partial charge in [-0.3, -0.25) is 4.57 Å². The molecule has 0 N–H and O–H groups in total. The zero-order valence-electron chi connectivity index (χ0n) is 11.5. The van der Waals surface area contributed by atoms with Crippen LogP contribution >= 0.6 is 7.60 Å². The normalized spacial score (nSPS) is 13.1. The van der Waals surface area contributed by atoms with Crippen molar-refractivity contribution in [2.45, 2.75) is 4.90 Å². The van der Waals surface area contributed by atoms with Crippen molar-refractivity contribution in [1.29, 1.82) is 0 Å². The monoisotopic (exact) mass is 358 g/mol. The molecule has 0 saturated heterocycles. The third-order valence-corrected chi connectivity index (χ3v) is 7.57. The Morgan fingerprint density at radius 1 is 1.00 bits per heavy atom. The molecule has 0 aliphatic carbocycles. The van der Waals surface area contributed by atoms with Gasteiger partial charge in [0.1, 0.15) is 5.75 Å². The molecule has 0 aliphatic heterocycles. The van der Waals surface area contributed by atoms with Gasteiger partial charge in [0.2, 0.25) is 0 Å². The summed E-state index contributed by atoms with van der Waals surface area (Å²) in [5.74, 6) is -0.110. The highest BCUT2D eigenvalue weighted by molar-refractivity contribution is 7.94. The van der Waals surface area contributed by atoms with Gasteiger partial charge in [0, 0.05) is 20.5 Å². The summed E-state index contributed by atoms with van der Waals surface area (Å²) in [6, 6.07) is 4.76. The van der Waals surface area contributed by atoms with Crippen molar-refractivity contribution in [1.82, 2.24) is 0 Å². The predicted octanol–water partition coefficient (Wildman–Crippen LogP) is 1.24. The first-order valence-corrected chi connectivity index (χ1v) is 10.6. The van der Waals surface area contributed by atoms with Crippen LogP contribution in [0.4, 0.5) is 0 Å². The maximum absolute atomic E-state index is 11.8. The minimum atomic E-state index is -4.23. The molecule has 0 saturated carbocycles. The maximum atomic E-state index is 11.8. The number of rotatable bonds is 7. The number of hydrogen-bond donors (Lipinski definition) is 0. The quantitative estimate of drug-likeness (QED) is 0.528. The average molecular weight is 358 g/mol. The summed E-state index contributed by atoms with van der Waals surface area (Å²) in [6.45, 7) is 0. The highest BCUT2D eigenvalue weighted by Crippen LogP contribution is 2.47. The number of hydrogen-bond acceptors (Lipinski definition) is 8. The van der Waals surface area contributed by atoms with E-state index in [1.165, 1.54) is 24.3 Å². The van der Waals surface area contributed by atoms with Crippen LogP contribution in [0.15, 0.2) is 29.2 Å². The molecule has 120 valence electrons. The molecule has 0 heterocycles. The Hall–Kier alpha value is -0.930. The van der Waals surface area contributed by atoms with Crippen molar-refractivity contribution in [3.63, 3.8) is 0 Å². The van der Waals surface area contributed by atoms with E-state index < -0.39 is 33.0 Å². The summed E-state index contributed by atoms with van der Waals surface area (Å²) < 4.78 is 71.5. The number of sulfone groups is 1. The van der Waals surface area contributed by atoms with E-state index in [0.717, 1.165) is 20.5 Å². The van der Waals surface area contributed by atoms with Crippen LogP contribution in [0.3, 0.4) is 0 Å². The lowest BCUT2D eigenvalue weighted by molar-refractivity contribution is 0.279. The molecule has 0 radical (unpaired) electrons. The second-order valence-electron chi connectivity index (χ2n) is 3.99. The van der Waals surface area contributed by atoms with Crippen molar-refractivity contribution >= 4 is 27.6 Å². The van der Waals surface area contributed by atoms with Gasteiger partial charge in [-0.2, -0.15) is 8.42 Å². The molecule has 1 rings (SSSR count). The highest BCUT2D eigenvalue weighted by Gasteiger charge is 2.31. The fourth-order valence-electron chi connectivity index (χ4n) is 1.29. The summed E-state index contributed by atoms with van der Waals surface area (Å²) in [6.07, 6.45) is 1.02. The molecule has 0 atom stereocenters. The SMILES string of the molecule is COP(=O)(CS(=O)(=O)Oc1ccc(S(C)(=O)=O)cc1)OC. The minimum absolute atomic E-state index is 0.0201. The van der Waals surface area contributed by atoms with E-state index in [1.807, 2.05) is 0 Å². The molecule has 1 aromatic rings. The Kier molecular flexibility index (Phi) is 5.57. The fourth-order valence-corrected chi connectivity index (χ4v) is 5.08. The van der Waals surface area contributed by atoms with E-state index in [4.69, 9.17) is 4.18 Å². The molecule has 0 amide bonds. The second-order valence-corrected chi connectivity index (χ2v) is 10.3. The lowest BCUT2D eigenvalue weighted by atomic mass is 10.3. The van der Waals surface area contributed by atoms with E-state index in [9.17, 15) is 21.4 Å². The van der Waals surface area contributed by atoms with Crippen LogP contribution in [-0.2, 0) is 33.6 Å². The summed E-state index contributed by atoms with van der Waals surface area (Å²) in [5.41, 5.74) is -0.958. The van der Waals surface area contributed by atoms with Crippen molar-refractivity contribution in [2.75, 3.05) is 26.0 Å². The molecule has 0 bridgehead atoms. The zero-order chi connectivity index (χ0) is 16.3.